The number of nitrogen functional groups attached to an aromatic ring is 1. The predicted molar refractivity (Wildman–Crippen MR) is 62.9 cm³/mol. The van der Waals surface area contributed by atoms with E-state index in [1.807, 2.05) is 35.3 Å². The van der Waals surface area contributed by atoms with Gasteiger partial charge in [0.05, 0.1) is 6.54 Å². The van der Waals surface area contributed by atoms with Crippen LogP contribution in [0.2, 0.25) is 0 Å². The van der Waals surface area contributed by atoms with Gasteiger partial charge in [0.15, 0.2) is 5.82 Å². The standard InChI is InChI=1S/C11H11N3O3/c12-9-8(15)10(16)13-11(17)14(9)6-7-4-2-1-3-5-7/h1-5,15H,6,12H2,(H,13,16,17). The van der Waals surface area contributed by atoms with E-state index in [0.717, 1.165) is 10.1 Å². The maximum atomic E-state index is 11.5. The first-order valence-electron chi connectivity index (χ1n) is 4.95. The number of benzene rings is 1. The van der Waals surface area contributed by atoms with Gasteiger partial charge in [-0.3, -0.25) is 14.3 Å². The molecule has 0 unspecified atom stereocenters. The second kappa shape index (κ2) is 4.17. The largest absolute Gasteiger partial charge is 0.501 e. The SMILES string of the molecule is Nc1c(O)c(=O)[nH]c(=O)n1Cc1ccccc1. The number of nitrogens with one attached hydrogen (secondary N) is 1. The van der Waals surface area contributed by atoms with Crippen molar-refractivity contribution in [1.29, 1.82) is 0 Å². The van der Waals surface area contributed by atoms with Crippen LogP contribution in [-0.2, 0) is 6.54 Å². The second-order valence-corrected chi connectivity index (χ2v) is 3.56. The molecule has 1 aromatic heterocycles. The zero-order valence-electron chi connectivity index (χ0n) is 8.88. The fraction of sp³-hybridized carbons (Fsp3) is 0.0909. The Morgan fingerprint density at radius 3 is 2.53 bits per heavy atom. The number of aromatic amines is 1. The Hall–Kier alpha value is -2.50. The molecule has 1 heterocycles. The molecule has 0 radical (unpaired) electrons. The first-order chi connectivity index (χ1) is 8.09. The summed E-state index contributed by atoms with van der Waals surface area (Å²) in [6, 6.07) is 9.12. The van der Waals surface area contributed by atoms with E-state index in [0.29, 0.717) is 0 Å². The maximum Gasteiger partial charge on any atom is 0.330 e. The molecule has 0 saturated heterocycles. The van der Waals surface area contributed by atoms with Crippen LogP contribution >= 0.6 is 0 Å². The number of nitrogens with zero attached hydrogens (tertiary/aromatic N) is 1. The third-order valence-electron chi connectivity index (χ3n) is 2.40. The Balaban J connectivity index is 2.51. The summed E-state index contributed by atoms with van der Waals surface area (Å²) in [5, 5.41) is 9.36. The van der Waals surface area contributed by atoms with Crippen LogP contribution in [0, 0.1) is 0 Å². The van der Waals surface area contributed by atoms with Crippen LogP contribution in [0.25, 0.3) is 0 Å². The number of hydrogen-bond donors (Lipinski definition) is 3. The summed E-state index contributed by atoms with van der Waals surface area (Å²) in [5.74, 6) is -0.872. The zero-order chi connectivity index (χ0) is 12.4. The fourth-order valence-corrected chi connectivity index (χ4v) is 1.50. The first-order valence-corrected chi connectivity index (χ1v) is 4.95. The van der Waals surface area contributed by atoms with E-state index in [1.165, 1.54) is 0 Å². The number of rotatable bonds is 2. The van der Waals surface area contributed by atoms with Gasteiger partial charge in [-0.25, -0.2) is 4.79 Å². The molecule has 0 aliphatic rings. The Bertz CT molecular complexity index is 643. The molecule has 2 rings (SSSR count). The Kier molecular flexibility index (Phi) is 2.70. The molecular weight excluding hydrogens is 222 g/mol. The monoisotopic (exact) mass is 233 g/mol. The van der Waals surface area contributed by atoms with Crippen molar-refractivity contribution in [3.05, 3.63) is 56.7 Å². The molecule has 4 N–H and O–H groups in total. The summed E-state index contributed by atoms with van der Waals surface area (Å²) in [7, 11) is 0. The highest BCUT2D eigenvalue weighted by Gasteiger charge is 2.10. The molecule has 17 heavy (non-hydrogen) atoms. The van der Waals surface area contributed by atoms with Crippen LogP contribution in [0.4, 0.5) is 5.82 Å². The van der Waals surface area contributed by atoms with E-state index in [2.05, 4.69) is 0 Å². The van der Waals surface area contributed by atoms with Crippen LogP contribution in [0.5, 0.6) is 5.75 Å². The summed E-state index contributed by atoms with van der Waals surface area (Å²) in [5.41, 5.74) is 4.84. The molecule has 6 nitrogen and oxygen atoms in total. The van der Waals surface area contributed by atoms with Crippen molar-refractivity contribution >= 4 is 5.82 Å². The molecule has 0 bridgehead atoms. The Morgan fingerprint density at radius 1 is 1.24 bits per heavy atom. The quantitative estimate of drug-likeness (QED) is 0.672. The van der Waals surface area contributed by atoms with Crippen molar-refractivity contribution in [2.75, 3.05) is 5.73 Å². The van der Waals surface area contributed by atoms with Crippen LogP contribution in [0.3, 0.4) is 0 Å². The lowest BCUT2D eigenvalue weighted by atomic mass is 10.2. The van der Waals surface area contributed by atoms with E-state index >= 15 is 0 Å². The van der Waals surface area contributed by atoms with Crippen molar-refractivity contribution in [3.63, 3.8) is 0 Å². The minimum Gasteiger partial charge on any atom is -0.501 e. The minimum absolute atomic E-state index is 0.190. The average Bonchev–Trinajstić information content (AvgIpc) is 2.33. The highest BCUT2D eigenvalue weighted by Crippen LogP contribution is 2.11. The van der Waals surface area contributed by atoms with Crippen molar-refractivity contribution in [1.82, 2.24) is 9.55 Å². The van der Waals surface area contributed by atoms with Gasteiger partial charge in [-0.2, -0.15) is 0 Å². The van der Waals surface area contributed by atoms with E-state index in [4.69, 9.17) is 5.73 Å². The highest BCUT2D eigenvalue weighted by atomic mass is 16.3. The lowest BCUT2D eigenvalue weighted by Gasteiger charge is -2.09. The smallest absolute Gasteiger partial charge is 0.330 e. The number of nitrogens with two attached hydrogens (primary N) is 1. The van der Waals surface area contributed by atoms with Crippen molar-refractivity contribution in [2.24, 2.45) is 0 Å². The van der Waals surface area contributed by atoms with Gasteiger partial charge >= 0.3 is 5.69 Å². The third kappa shape index (κ3) is 2.05. The summed E-state index contributed by atoms with van der Waals surface area (Å²) < 4.78 is 1.10. The average molecular weight is 233 g/mol. The molecule has 1 aromatic carbocycles. The number of H-pyrrole nitrogens is 1. The van der Waals surface area contributed by atoms with Crippen LogP contribution in [0.1, 0.15) is 5.56 Å². The minimum atomic E-state index is -0.878. The van der Waals surface area contributed by atoms with Gasteiger partial charge in [0, 0.05) is 0 Å². The molecular formula is C11H11N3O3. The molecule has 0 saturated carbocycles. The number of aromatic nitrogens is 2. The van der Waals surface area contributed by atoms with Crippen LogP contribution < -0.4 is 17.0 Å². The summed E-state index contributed by atoms with van der Waals surface area (Å²) in [4.78, 5) is 24.6. The Labute approximate surface area is 96.0 Å². The lowest BCUT2D eigenvalue weighted by Crippen LogP contribution is -2.32. The molecule has 0 fully saturated rings. The van der Waals surface area contributed by atoms with Crippen LogP contribution in [0.15, 0.2) is 39.9 Å². The van der Waals surface area contributed by atoms with E-state index in [9.17, 15) is 14.7 Å². The van der Waals surface area contributed by atoms with Gasteiger partial charge in [-0.05, 0) is 5.56 Å². The van der Waals surface area contributed by atoms with Gasteiger partial charge in [0.2, 0.25) is 5.75 Å². The van der Waals surface area contributed by atoms with Crippen molar-refractivity contribution in [3.8, 4) is 5.75 Å². The fourth-order valence-electron chi connectivity index (χ4n) is 1.50. The zero-order valence-corrected chi connectivity index (χ0v) is 8.88. The number of aromatic hydroxyl groups is 1. The molecule has 88 valence electrons. The summed E-state index contributed by atoms with van der Waals surface area (Å²) >= 11 is 0. The summed E-state index contributed by atoms with van der Waals surface area (Å²) in [6.07, 6.45) is 0. The van der Waals surface area contributed by atoms with Gasteiger partial charge < -0.3 is 10.8 Å². The molecule has 0 aliphatic heterocycles. The molecule has 0 atom stereocenters. The van der Waals surface area contributed by atoms with Crippen molar-refractivity contribution in [2.45, 2.75) is 6.54 Å². The highest BCUT2D eigenvalue weighted by molar-refractivity contribution is 5.43. The normalized spacial score (nSPS) is 10.4. The predicted octanol–water partition coefficient (Wildman–Crippen LogP) is -0.127. The van der Waals surface area contributed by atoms with E-state index in [-0.39, 0.29) is 12.4 Å². The molecule has 0 aliphatic carbocycles. The van der Waals surface area contributed by atoms with Crippen molar-refractivity contribution < 1.29 is 5.11 Å². The van der Waals surface area contributed by atoms with Crippen LogP contribution in [-0.4, -0.2) is 14.7 Å². The topological polar surface area (TPSA) is 101 Å². The summed E-state index contributed by atoms with van der Waals surface area (Å²) in [6.45, 7) is 0.190. The molecule has 0 spiro atoms. The van der Waals surface area contributed by atoms with Gasteiger partial charge in [0.1, 0.15) is 0 Å². The van der Waals surface area contributed by atoms with Gasteiger partial charge in [0.25, 0.3) is 5.56 Å². The van der Waals surface area contributed by atoms with E-state index in [1.54, 1.807) is 0 Å². The molecule has 6 heteroatoms. The van der Waals surface area contributed by atoms with E-state index < -0.39 is 17.0 Å². The van der Waals surface area contributed by atoms with Gasteiger partial charge in [-0.15, -0.1) is 0 Å². The van der Waals surface area contributed by atoms with Gasteiger partial charge in [-0.1, -0.05) is 30.3 Å². The Morgan fingerprint density at radius 2 is 1.88 bits per heavy atom. The third-order valence-corrected chi connectivity index (χ3v) is 2.40. The number of hydrogen-bond acceptors (Lipinski definition) is 4. The number of anilines is 1. The lowest BCUT2D eigenvalue weighted by molar-refractivity contribution is 0.459. The second-order valence-electron chi connectivity index (χ2n) is 3.56. The first kappa shape index (κ1) is 11.0. The molecule has 0 amide bonds. The maximum absolute atomic E-state index is 11.5. The molecule has 2 aromatic rings.